The fraction of sp³-hybridized carbons (Fsp3) is 0.200. The van der Waals surface area contributed by atoms with E-state index in [0.29, 0.717) is 6.61 Å². The van der Waals surface area contributed by atoms with Gasteiger partial charge >= 0.3 is 0 Å². The number of hydrogen-bond acceptors (Lipinski definition) is 2. The molecular weight excluding hydrogens is 292 g/mol. The first-order chi connectivity index (χ1) is 8.75. The molecule has 0 spiro atoms. The molecular formula is C15H15BrO2. The molecule has 0 atom stereocenters. The smallest absolute Gasteiger partial charge is 0.189 e. The second-order valence-electron chi connectivity index (χ2n) is 4.03. The van der Waals surface area contributed by atoms with Gasteiger partial charge < -0.3 is 9.47 Å². The highest BCUT2D eigenvalue weighted by Gasteiger charge is 2.00. The molecule has 94 valence electrons. The van der Waals surface area contributed by atoms with Gasteiger partial charge in [-0.15, -0.1) is 0 Å². The summed E-state index contributed by atoms with van der Waals surface area (Å²) >= 11 is 3.46. The summed E-state index contributed by atoms with van der Waals surface area (Å²) in [6, 6.07) is 16.0. The van der Waals surface area contributed by atoms with Crippen LogP contribution in [0.5, 0.6) is 5.75 Å². The van der Waals surface area contributed by atoms with Gasteiger partial charge in [-0.25, -0.2) is 0 Å². The highest BCUT2D eigenvalue weighted by Crippen LogP contribution is 2.25. The first kappa shape index (κ1) is 13.1. The van der Waals surface area contributed by atoms with Crippen molar-refractivity contribution in [3.05, 3.63) is 64.1 Å². The van der Waals surface area contributed by atoms with Crippen LogP contribution in [-0.4, -0.2) is 6.79 Å². The Labute approximate surface area is 116 Å². The van der Waals surface area contributed by atoms with Crippen molar-refractivity contribution in [2.45, 2.75) is 13.5 Å². The Kier molecular flexibility index (Phi) is 4.79. The summed E-state index contributed by atoms with van der Waals surface area (Å²) in [5.41, 5.74) is 2.34. The Bertz CT molecular complexity index is 497. The van der Waals surface area contributed by atoms with E-state index >= 15 is 0 Å². The number of rotatable bonds is 5. The number of hydrogen-bond donors (Lipinski definition) is 0. The van der Waals surface area contributed by atoms with Crippen LogP contribution in [-0.2, 0) is 11.3 Å². The van der Waals surface area contributed by atoms with E-state index in [1.807, 2.05) is 55.5 Å². The highest BCUT2D eigenvalue weighted by molar-refractivity contribution is 9.10. The standard InChI is InChI=1S/C15H15BrO2/c1-12-7-8-15(14(16)9-12)18-11-17-10-13-5-3-2-4-6-13/h2-9H,10-11H2,1H3. The maximum Gasteiger partial charge on any atom is 0.189 e. The topological polar surface area (TPSA) is 18.5 Å². The number of benzene rings is 2. The van der Waals surface area contributed by atoms with E-state index < -0.39 is 0 Å². The predicted molar refractivity (Wildman–Crippen MR) is 75.6 cm³/mol. The van der Waals surface area contributed by atoms with Gasteiger partial charge in [-0.05, 0) is 46.1 Å². The van der Waals surface area contributed by atoms with Crippen molar-refractivity contribution in [3.63, 3.8) is 0 Å². The zero-order chi connectivity index (χ0) is 12.8. The van der Waals surface area contributed by atoms with E-state index in [0.717, 1.165) is 15.8 Å². The Morgan fingerprint density at radius 1 is 1.06 bits per heavy atom. The van der Waals surface area contributed by atoms with Crippen LogP contribution in [0.2, 0.25) is 0 Å². The molecule has 0 aliphatic carbocycles. The third-order valence-electron chi connectivity index (χ3n) is 2.50. The number of ether oxygens (including phenoxy) is 2. The van der Waals surface area contributed by atoms with Gasteiger partial charge in [0.15, 0.2) is 6.79 Å². The lowest BCUT2D eigenvalue weighted by Crippen LogP contribution is -2.03. The molecule has 0 bridgehead atoms. The van der Waals surface area contributed by atoms with E-state index in [1.54, 1.807) is 0 Å². The van der Waals surface area contributed by atoms with Gasteiger partial charge in [0.1, 0.15) is 5.75 Å². The second-order valence-corrected chi connectivity index (χ2v) is 4.88. The van der Waals surface area contributed by atoms with Gasteiger partial charge in [0.25, 0.3) is 0 Å². The van der Waals surface area contributed by atoms with Crippen LogP contribution in [0.4, 0.5) is 0 Å². The average Bonchev–Trinajstić information content (AvgIpc) is 2.38. The molecule has 0 amide bonds. The van der Waals surface area contributed by atoms with Gasteiger partial charge in [0.2, 0.25) is 0 Å². The second kappa shape index (κ2) is 6.57. The molecule has 0 N–H and O–H groups in total. The Hall–Kier alpha value is -1.32. The van der Waals surface area contributed by atoms with Crippen molar-refractivity contribution in [2.24, 2.45) is 0 Å². The highest BCUT2D eigenvalue weighted by atomic mass is 79.9. The molecule has 2 aromatic carbocycles. The van der Waals surface area contributed by atoms with E-state index in [4.69, 9.17) is 9.47 Å². The van der Waals surface area contributed by atoms with Crippen LogP contribution < -0.4 is 4.74 Å². The minimum absolute atomic E-state index is 0.247. The summed E-state index contributed by atoms with van der Waals surface area (Å²) < 4.78 is 12.0. The van der Waals surface area contributed by atoms with Crippen LogP contribution >= 0.6 is 15.9 Å². The molecule has 3 heteroatoms. The molecule has 2 nitrogen and oxygen atoms in total. The zero-order valence-corrected chi connectivity index (χ0v) is 11.8. The minimum Gasteiger partial charge on any atom is -0.466 e. The maximum atomic E-state index is 5.54. The molecule has 0 saturated heterocycles. The largest absolute Gasteiger partial charge is 0.466 e. The third-order valence-corrected chi connectivity index (χ3v) is 3.12. The average molecular weight is 307 g/mol. The fourth-order valence-corrected chi connectivity index (χ4v) is 2.17. The summed E-state index contributed by atoms with van der Waals surface area (Å²) in [5, 5.41) is 0. The number of aryl methyl sites for hydroxylation is 1. The first-order valence-electron chi connectivity index (χ1n) is 5.76. The van der Waals surface area contributed by atoms with Crippen molar-refractivity contribution in [1.29, 1.82) is 0 Å². The van der Waals surface area contributed by atoms with Gasteiger partial charge in [0, 0.05) is 0 Å². The first-order valence-corrected chi connectivity index (χ1v) is 6.55. The quantitative estimate of drug-likeness (QED) is 0.605. The molecule has 0 unspecified atom stereocenters. The van der Waals surface area contributed by atoms with Crippen LogP contribution in [0.25, 0.3) is 0 Å². The Balaban J connectivity index is 1.79. The molecule has 2 rings (SSSR count). The molecule has 0 aromatic heterocycles. The van der Waals surface area contributed by atoms with Gasteiger partial charge in [-0.3, -0.25) is 0 Å². The lowest BCUT2D eigenvalue weighted by Gasteiger charge is -2.09. The van der Waals surface area contributed by atoms with Crippen LogP contribution in [0.3, 0.4) is 0 Å². The molecule has 0 aliphatic heterocycles. The van der Waals surface area contributed by atoms with Crippen molar-refractivity contribution in [3.8, 4) is 5.75 Å². The van der Waals surface area contributed by atoms with Crippen LogP contribution in [0.1, 0.15) is 11.1 Å². The van der Waals surface area contributed by atoms with Gasteiger partial charge in [-0.2, -0.15) is 0 Å². The van der Waals surface area contributed by atoms with Crippen LogP contribution in [0, 0.1) is 6.92 Å². The lowest BCUT2D eigenvalue weighted by atomic mass is 10.2. The van der Waals surface area contributed by atoms with Crippen molar-refractivity contribution < 1.29 is 9.47 Å². The van der Waals surface area contributed by atoms with Crippen molar-refractivity contribution >= 4 is 15.9 Å². The summed E-state index contributed by atoms with van der Waals surface area (Å²) in [6.45, 7) is 2.85. The maximum absolute atomic E-state index is 5.54. The monoisotopic (exact) mass is 306 g/mol. The van der Waals surface area contributed by atoms with E-state index in [-0.39, 0.29) is 6.79 Å². The third kappa shape index (κ3) is 3.86. The molecule has 0 saturated carbocycles. The Morgan fingerprint density at radius 2 is 1.83 bits per heavy atom. The summed E-state index contributed by atoms with van der Waals surface area (Å²) in [6.07, 6.45) is 0. The van der Waals surface area contributed by atoms with Gasteiger partial charge in [-0.1, -0.05) is 36.4 Å². The SMILES string of the molecule is Cc1ccc(OCOCc2ccccc2)c(Br)c1. The van der Waals surface area contributed by atoms with Crippen LogP contribution in [0.15, 0.2) is 53.0 Å². The summed E-state index contributed by atoms with van der Waals surface area (Å²) in [5.74, 6) is 0.800. The summed E-state index contributed by atoms with van der Waals surface area (Å²) in [4.78, 5) is 0. The van der Waals surface area contributed by atoms with E-state index in [9.17, 15) is 0 Å². The fourth-order valence-electron chi connectivity index (χ4n) is 1.56. The molecule has 2 aromatic rings. The molecule has 0 aliphatic rings. The van der Waals surface area contributed by atoms with Gasteiger partial charge in [0.05, 0.1) is 11.1 Å². The molecule has 0 heterocycles. The lowest BCUT2D eigenvalue weighted by molar-refractivity contribution is 0.00463. The minimum atomic E-state index is 0.247. The van der Waals surface area contributed by atoms with Crippen molar-refractivity contribution in [2.75, 3.05) is 6.79 Å². The van der Waals surface area contributed by atoms with Crippen molar-refractivity contribution in [1.82, 2.24) is 0 Å². The van der Waals surface area contributed by atoms with E-state index in [2.05, 4.69) is 15.9 Å². The molecule has 0 radical (unpaired) electrons. The van der Waals surface area contributed by atoms with E-state index in [1.165, 1.54) is 5.56 Å². The Morgan fingerprint density at radius 3 is 2.56 bits per heavy atom. The predicted octanol–water partition coefficient (Wildman–Crippen LogP) is 4.31. The molecule has 0 fully saturated rings. The normalized spacial score (nSPS) is 10.3. The zero-order valence-electron chi connectivity index (χ0n) is 10.2. The number of halogens is 1. The summed E-state index contributed by atoms with van der Waals surface area (Å²) in [7, 11) is 0. The molecule has 18 heavy (non-hydrogen) atoms.